The van der Waals surface area contributed by atoms with Crippen molar-refractivity contribution >= 4 is 9.90 Å². The molecular weight excluding hydrogens is 323 g/mol. The molecule has 148 valence electrons. The van der Waals surface area contributed by atoms with Gasteiger partial charge in [-0.2, -0.15) is 9.90 Å². The number of rotatable bonds is 2. The lowest BCUT2D eigenvalue weighted by Gasteiger charge is -2.51. The lowest BCUT2D eigenvalue weighted by atomic mass is 9.69. The van der Waals surface area contributed by atoms with Crippen LogP contribution in [0.25, 0.3) is 0 Å². The lowest BCUT2D eigenvalue weighted by molar-refractivity contribution is -0.0404. The monoisotopic (exact) mass is 368 g/mol. The standard InChI is InChI=1S/C22H42N2.H3P/c1-2-5-12-18-22(17-11-4-1,21-15-9-8-10-16-21)24-20-14-7-3-6-13-19-23-24;/h21,23H,1-20H2;1H3. The van der Waals surface area contributed by atoms with Crippen molar-refractivity contribution in [3.63, 3.8) is 0 Å². The minimum absolute atomic E-state index is 0. The van der Waals surface area contributed by atoms with Crippen molar-refractivity contribution in [3.05, 3.63) is 0 Å². The van der Waals surface area contributed by atoms with Crippen LogP contribution in [-0.2, 0) is 0 Å². The van der Waals surface area contributed by atoms with Crippen LogP contribution in [0.2, 0.25) is 0 Å². The fraction of sp³-hybridized carbons (Fsp3) is 1.00. The predicted octanol–water partition coefficient (Wildman–Crippen LogP) is 6.27. The molecule has 0 aromatic carbocycles. The van der Waals surface area contributed by atoms with Crippen LogP contribution in [0, 0.1) is 5.92 Å². The zero-order valence-corrected chi connectivity index (χ0v) is 18.3. The van der Waals surface area contributed by atoms with Crippen LogP contribution >= 0.6 is 9.90 Å². The van der Waals surface area contributed by atoms with Gasteiger partial charge in [0.05, 0.1) is 0 Å². The summed E-state index contributed by atoms with van der Waals surface area (Å²) in [4.78, 5) is 0. The zero-order chi connectivity index (χ0) is 16.5. The Labute approximate surface area is 160 Å². The Morgan fingerprint density at radius 1 is 0.600 bits per heavy atom. The summed E-state index contributed by atoms with van der Waals surface area (Å²) in [6, 6.07) is 0. The first-order valence-corrected chi connectivity index (χ1v) is 11.4. The molecule has 3 heteroatoms. The summed E-state index contributed by atoms with van der Waals surface area (Å²) >= 11 is 0. The third-order valence-electron chi connectivity index (χ3n) is 7.23. The van der Waals surface area contributed by atoms with Gasteiger partial charge in [-0.3, -0.25) is 5.43 Å². The Kier molecular flexibility index (Phi) is 10.3. The number of hydrazine groups is 1. The minimum atomic E-state index is 0. The average molecular weight is 369 g/mol. The highest BCUT2D eigenvalue weighted by atomic mass is 31.0. The first kappa shape index (κ1) is 21.6. The fourth-order valence-electron chi connectivity index (χ4n) is 5.83. The van der Waals surface area contributed by atoms with E-state index in [1.165, 1.54) is 129 Å². The van der Waals surface area contributed by atoms with E-state index in [0.29, 0.717) is 5.54 Å². The molecule has 25 heavy (non-hydrogen) atoms. The van der Waals surface area contributed by atoms with Crippen molar-refractivity contribution in [2.45, 2.75) is 121 Å². The molecule has 1 atom stereocenters. The summed E-state index contributed by atoms with van der Waals surface area (Å²) in [5, 5.41) is 2.83. The number of nitrogens with one attached hydrogen (secondary N) is 1. The van der Waals surface area contributed by atoms with Gasteiger partial charge >= 0.3 is 0 Å². The van der Waals surface area contributed by atoms with Gasteiger partial charge in [-0.05, 0) is 44.4 Å². The molecule has 0 amide bonds. The molecule has 0 spiro atoms. The molecule has 2 saturated carbocycles. The van der Waals surface area contributed by atoms with Crippen molar-refractivity contribution < 1.29 is 0 Å². The van der Waals surface area contributed by atoms with Gasteiger partial charge in [-0.15, -0.1) is 0 Å². The molecule has 2 nitrogen and oxygen atoms in total. The molecule has 0 aromatic rings. The molecule has 1 aliphatic heterocycles. The van der Waals surface area contributed by atoms with E-state index in [0.717, 1.165) is 5.92 Å². The third kappa shape index (κ3) is 6.18. The molecular formula is C22H45N2P. The number of nitrogens with zero attached hydrogens (tertiary/aromatic N) is 1. The molecule has 2 aliphatic carbocycles. The molecule has 3 aliphatic rings. The molecule has 0 aromatic heterocycles. The molecule has 1 unspecified atom stereocenters. The molecule has 1 heterocycles. The Hall–Kier alpha value is 0.350. The maximum absolute atomic E-state index is 3.97. The number of hydrogen-bond donors (Lipinski definition) is 1. The third-order valence-corrected chi connectivity index (χ3v) is 7.23. The Morgan fingerprint density at radius 3 is 1.80 bits per heavy atom. The van der Waals surface area contributed by atoms with Crippen molar-refractivity contribution in [2.75, 3.05) is 13.1 Å². The van der Waals surface area contributed by atoms with Crippen LogP contribution in [0.5, 0.6) is 0 Å². The van der Waals surface area contributed by atoms with Crippen LogP contribution in [-0.4, -0.2) is 23.6 Å². The van der Waals surface area contributed by atoms with Crippen LogP contribution in [0.4, 0.5) is 0 Å². The van der Waals surface area contributed by atoms with Gasteiger partial charge in [0.25, 0.3) is 0 Å². The van der Waals surface area contributed by atoms with E-state index < -0.39 is 0 Å². The minimum Gasteiger partial charge on any atom is -0.255 e. The van der Waals surface area contributed by atoms with E-state index >= 15 is 0 Å². The molecule has 1 N–H and O–H groups in total. The van der Waals surface area contributed by atoms with E-state index in [2.05, 4.69) is 10.4 Å². The summed E-state index contributed by atoms with van der Waals surface area (Å²) in [5.74, 6) is 0.956. The average Bonchev–Trinajstić information content (AvgIpc) is 2.84. The summed E-state index contributed by atoms with van der Waals surface area (Å²) in [6.07, 6.45) is 26.3. The van der Waals surface area contributed by atoms with Gasteiger partial charge in [0.2, 0.25) is 0 Å². The number of hydrogen-bond acceptors (Lipinski definition) is 2. The van der Waals surface area contributed by atoms with Crippen LogP contribution in [0.1, 0.15) is 116 Å². The first-order chi connectivity index (χ1) is 11.9. The normalized spacial score (nSPS) is 28.3. The van der Waals surface area contributed by atoms with E-state index in [1.54, 1.807) is 0 Å². The van der Waals surface area contributed by atoms with Crippen LogP contribution < -0.4 is 5.43 Å². The summed E-state index contributed by atoms with van der Waals surface area (Å²) in [7, 11) is 0. The van der Waals surface area contributed by atoms with E-state index in [9.17, 15) is 0 Å². The molecule has 0 bridgehead atoms. The topological polar surface area (TPSA) is 15.3 Å². The molecule has 0 radical (unpaired) electrons. The van der Waals surface area contributed by atoms with E-state index in [4.69, 9.17) is 0 Å². The SMILES string of the molecule is C1CCCNN(C2(C3CCCCC3)CCCCCCCC2)CCC1.P. The summed E-state index contributed by atoms with van der Waals surface area (Å²) in [5.41, 5.74) is 4.45. The molecule has 3 rings (SSSR count). The highest BCUT2D eigenvalue weighted by molar-refractivity contribution is 6.92. The second-order valence-corrected chi connectivity index (χ2v) is 8.89. The zero-order valence-electron chi connectivity index (χ0n) is 16.9. The smallest absolute Gasteiger partial charge is 0.0382 e. The maximum atomic E-state index is 3.97. The highest BCUT2D eigenvalue weighted by Crippen LogP contribution is 2.43. The summed E-state index contributed by atoms with van der Waals surface area (Å²) < 4.78 is 0. The maximum Gasteiger partial charge on any atom is 0.0382 e. The molecule has 3 fully saturated rings. The first-order valence-electron chi connectivity index (χ1n) is 11.4. The largest absolute Gasteiger partial charge is 0.255 e. The van der Waals surface area contributed by atoms with Crippen LogP contribution in [0.3, 0.4) is 0 Å². The Morgan fingerprint density at radius 2 is 1.12 bits per heavy atom. The van der Waals surface area contributed by atoms with Gasteiger partial charge < -0.3 is 0 Å². The van der Waals surface area contributed by atoms with Crippen LogP contribution in [0.15, 0.2) is 0 Å². The van der Waals surface area contributed by atoms with Gasteiger partial charge in [0, 0.05) is 18.6 Å². The fourth-order valence-corrected chi connectivity index (χ4v) is 5.83. The van der Waals surface area contributed by atoms with Crippen molar-refractivity contribution in [1.29, 1.82) is 0 Å². The predicted molar refractivity (Wildman–Crippen MR) is 115 cm³/mol. The Bertz CT molecular complexity index is 321. The van der Waals surface area contributed by atoms with E-state index in [-0.39, 0.29) is 9.90 Å². The van der Waals surface area contributed by atoms with Crippen molar-refractivity contribution in [3.8, 4) is 0 Å². The Balaban J connectivity index is 0.00000225. The van der Waals surface area contributed by atoms with Crippen molar-refractivity contribution in [1.82, 2.24) is 10.4 Å². The van der Waals surface area contributed by atoms with E-state index in [1.807, 2.05) is 0 Å². The van der Waals surface area contributed by atoms with Gasteiger partial charge in [0.1, 0.15) is 0 Å². The quantitative estimate of drug-likeness (QED) is 0.578. The second kappa shape index (κ2) is 11.9. The van der Waals surface area contributed by atoms with Gasteiger partial charge in [-0.1, -0.05) is 77.0 Å². The van der Waals surface area contributed by atoms with Crippen molar-refractivity contribution in [2.24, 2.45) is 5.92 Å². The second-order valence-electron chi connectivity index (χ2n) is 8.89. The lowest BCUT2D eigenvalue weighted by Crippen LogP contribution is -2.60. The summed E-state index contributed by atoms with van der Waals surface area (Å²) in [6.45, 7) is 2.52. The highest BCUT2D eigenvalue weighted by Gasteiger charge is 2.43. The van der Waals surface area contributed by atoms with Gasteiger partial charge in [0.15, 0.2) is 0 Å². The molecule has 1 saturated heterocycles. The van der Waals surface area contributed by atoms with Gasteiger partial charge in [-0.25, -0.2) is 5.01 Å².